The van der Waals surface area contributed by atoms with E-state index in [1.165, 1.54) is 6.42 Å². The average molecular weight is 101 g/mol. The number of hydrogen-bond donors (Lipinski definition) is 1. The zero-order valence-corrected chi connectivity index (χ0v) is 4.59. The molecule has 0 spiro atoms. The Balaban J connectivity index is 2.16. The highest BCUT2D eigenvalue weighted by Gasteiger charge is 2.21. The molecule has 0 aliphatic carbocycles. The second-order valence-corrected chi connectivity index (χ2v) is 2.11. The molecule has 0 aromatic rings. The number of likely N-dealkylation sites (N-methyl/N-ethyl adjacent to an activating group) is 1. The third-order valence-electron chi connectivity index (χ3n) is 1.65. The minimum atomic E-state index is 0.330. The number of hydrogen-bond acceptors (Lipinski definition) is 2. The van der Waals surface area contributed by atoms with Gasteiger partial charge in [-0.1, -0.05) is 0 Å². The molecule has 0 bridgehead atoms. The van der Waals surface area contributed by atoms with E-state index in [9.17, 15) is 0 Å². The molecule has 0 saturated carbocycles. The molecular formula is C5H11NO. The van der Waals surface area contributed by atoms with E-state index in [-0.39, 0.29) is 0 Å². The van der Waals surface area contributed by atoms with Crippen LogP contribution in [0.4, 0.5) is 0 Å². The Labute approximate surface area is 43.7 Å². The lowest BCUT2D eigenvalue weighted by Gasteiger charge is -2.36. The van der Waals surface area contributed by atoms with E-state index in [0.29, 0.717) is 12.6 Å². The van der Waals surface area contributed by atoms with Gasteiger partial charge in [0.25, 0.3) is 0 Å². The van der Waals surface area contributed by atoms with Gasteiger partial charge in [0.2, 0.25) is 0 Å². The summed E-state index contributed by atoms with van der Waals surface area (Å²) in [5, 5.41) is 8.51. The molecular weight excluding hydrogens is 90.1 g/mol. The lowest BCUT2D eigenvalue weighted by atomic mass is 10.1. The number of rotatable bonds is 1. The second kappa shape index (κ2) is 1.80. The zero-order chi connectivity index (χ0) is 5.28. The molecule has 0 radical (unpaired) electrons. The highest BCUT2D eigenvalue weighted by atomic mass is 16.3. The highest BCUT2D eigenvalue weighted by Crippen LogP contribution is 2.11. The first-order chi connectivity index (χ1) is 3.34. The number of aliphatic hydroxyl groups excluding tert-OH is 1. The zero-order valence-electron chi connectivity index (χ0n) is 4.59. The molecule has 2 heteroatoms. The van der Waals surface area contributed by atoms with E-state index >= 15 is 0 Å². The topological polar surface area (TPSA) is 23.5 Å². The quantitative estimate of drug-likeness (QED) is 0.489. The van der Waals surface area contributed by atoms with Gasteiger partial charge in [-0.2, -0.15) is 0 Å². The Hall–Kier alpha value is -0.0800. The molecule has 0 amide bonds. The smallest absolute Gasteiger partial charge is 0.0587 e. The van der Waals surface area contributed by atoms with Crippen molar-refractivity contribution in [2.75, 3.05) is 20.2 Å². The summed E-state index contributed by atoms with van der Waals surface area (Å²) in [6, 6.07) is 0.472. The minimum Gasteiger partial charge on any atom is -0.395 e. The predicted octanol–water partition coefficient (Wildman–Crippen LogP) is -0.317. The Morgan fingerprint density at radius 1 is 1.86 bits per heavy atom. The van der Waals surface area contributed by atoms with Crippen molar-refractivity contribution in [3.8, 4) is 0 Å². The van der Waals surface area contributed by atoms with Crippen molar-refractivity contribution in [1.29, 1.82) is 0 Å². The lowest BCUT2D eigenvalue weighted by Crippen LogP contribution is -2.46. The van der Waals surface area contributed by atoms with Crippen LogP contribution in [-0.4, -0.2) is 36.2 Å². The van der Waals surface area contributed by atoms with E-state index < -0.39 is 0 Å². The van der Waals surface area contributed by atoms with Crippen molar-refractivity contribution >= 4 is 0 Å². The Morgan fingerprint density at radius 3 is 2.57 bits per heavy atom. The molecule has 1 fully saturated rings. The molecule has 2 nitrogen and oxygen atoms in total. The molecule has 42 valence electrons. The third kappa shape index (κ3) is 0.763. The SMILES string of the molecule is CN1CC[C@H]1CO. The van der Waals surface area contributed by atoms with E-state index in [0.717, 1.165) is 6.54 Å². The van der Waals surface area contributed by atoms with Gasteiger partial charge in [0.1, 0.15) is 0 Å². The first-order valence-corrected chi connectivity index (χ1v) is 2.65. The van der Waals surface area contributed by atoms with Crippen LogP contribution in [0.15, 0.2) is 0 Å². The average Bonchev–Trinajstić information content (AvgIpc) is 1.65. The fourth-order valence-corrected chi connectivity index (χ4v) is 0.801. The van der Waals surface area contributed by atoms with E-state index in [1.807, 2.05) is 7.05 Å². The van der Waals surface area contributed by atoms with Crippen LogP contribution >= 0.6 is 0 Å². The summed E-state index contributed by atoms with van der Waals surface area (Å²) in [4.78, 5) is 2.15. The summed E-state index contributed by atoms with van der Waals surface area (Å²) in [7, 11) is 2.03. The fraction of sp³-hybridized carbons (Fsp3) is 1.00. The Morgan fingerprint density at radius 2 is 2.57 bits per heavy atom. The van der Waals surface area contributed by atoms with Gasteiger partial charge < -0.3 is 10.0 Å². The molecule has 1 aliphatic heterocycles. The molecule has 1 aliphatic rings. The highest BCUT2D eigenvalue weighted by molar-refractivity contribution is 4.77. The van der Waals surface area contributed by atoms with Crippen LogP contribution in [0.3, 0.4) is 0 Å². The summed E-state index contributed by atoms with van der Waals surface area (Å²) in [6.45, 7) is 1.49. The van der Waals surface area contributed by atoms with Crippen molar-refractivity contribution in [2.45, 2.75) is 12.5 Å². The summed E-state index contributed by atoms with van der Waals surface area (Å²) in [6.07, 6.45) is 1.17. The van der Waals surface area contributed by atoms with Crippen LogP contribution in [0.2, 0.25) is 0 Å². The molecule has 1 N–H and O–H groups in total. The van der Waals surface area contributed by atoms with Crippen molar-refractivity contribution in [1.82, 2.24) is 4.90 Å². The summed E-state index contributed by atoms with van der Waals surface area (Å²) >= 11 is 0. The fourth-order valence-electron chi connectivity index (χ4n) is 0.801. The van der Waals surface area contributed by atoms with Crippen LogP contribution in [0.1, 0.15) is 6.42 Å². The van der Waals surface area contributed by atoms with Gasteiger partial charge in [-0.05, 0) is 20.0 Å². The number of aliphatic hydroxyl groups is 1. The normalized spacial score (nSPS) is 32.6. The van der Waals surface area contributed by atoms with Gasteiger partial charge in [0, 0.05) is 6.04 Å². The first kappa shape index (κ1) is 5.06. The van der Waals surface area contributed by atoms with Gasteiger partial charge in [-0.25, -0.2) is 0 Å². The van der Waals surface area contributed by atoms with E-state index in [4.69, 9.17) is 5.11 Å². The number of nitrogens with zero attached hydrogens (tertiary/aromatic N) is 1. The van der Waals surface area contributed by atoms with Crippen LogP contribution in [-0.2, 0) is 0 Å². The van der Waals surface area contributed by atoms with E-state index in [1.54, 1.807) is 0 Å². The van der Waals surface area contributed by atoms with Crippen molar-refractivity contribution in [3.63, 3.8) is 0 Å². The lowest BCUT2D eigenvalue weighted by molar-refractivity contribution is 0.0672. The standard InChI is InChI=1S/C5H11NO/c1-6-3-2-5(6)4-7/h5,7H,2-4H2,1H3/t5-/m0/s1. The van der Waals surface area contributed by atoms with Crippen LogP contribution in [0, 0.1) is 0 Å². The van der Waals surface area contributed by atoms with Crippen molar-refractivity contribution < 1.29 is 5.11 Å². The largest absolute Gasteiger partial charge is 0.395 e. The molecule has 1 rings (SSSR count). The maximum absolute atomic E-state index is 8.51. The Kier molecular flexibility index (Phi) is 1.30. The molecule has 1 saturated heterocycles. The molecule has 0 unspecified atom stereocenters. The molecule has 1 atom stereocenters. The monoisotopic (exact) mass is 101 g/mol. The molecule has 7 heavy (non-hydrogen) atoms. The van der Waals surface area contributed by atoms with Crippen molar-refractivity contribution in [2.24, 2.45) is 0 Å². The second-order valence-electron chi connectivity index (χ2n) is 2.11. The molecule has 1 heterocycles. The van der Waals surface area contributed by atoms with Gasteiger partial charge in [-0.15, -0.1) is 0 Å². The summed E-state index contributed by atoms with van der Waals surface area (Å²) in [5.41, 5.74) is 0. The first-order valence-electron chi connectivity index (χ1n) is 2.65. The summed E-state index contributed by atoms with van der Waals surface area (Å²) in [5.74, 6) is 0. The third-order valence-corrected chi connectivity index (χ3v) is 1.65. The maximum Gasteiger partial charge on any atom is 0.0587 e. The Bertz CT molecular complexity index is 63.1. The molecule has 0 aromatic carbocycles. The van der Waals surface area contributed by atoms with Gasteiger partial charge in [0.15, 0.2) is 0 Å². The predicted molar refractivity (Wildman–Crippen MR) is 28.1 cm³/mol. The van der Waals surface area contributed by atoms with E-state index in [2.05, 4.69) is 4.90 Å². The van der Waals surface area contributed by atoms with Crippen LogP contribution in [0.25, 0.3) is 0 Å². The molecule has 0 aromatic heterocycles. The van der Waals surface area contributed by atoms with Crippen LogP contribution < -0.4 is 0 Å². The minimum absolute atomic E-state index is 0.330. The van der Waals surface area contributed by atoms with Gasteiger partial charge >= 0.3 is 0 Å². The summed E-state index contributed by atoms with van der Waals surface area (Å²) < 4.78 is 0. The van der Waals surface area contributed by atoms with Gasteiger partial charge in [0.05, 0.1) is 6.61 Å². The number of likely N-dealkylation sites (tertiary alicyclic amines) is 1. The maximum atomic E-state index is 8.51. The van der Waals surface area contributed by atoms with Crippen molar-refractivity contribution in [3.05, 3.63) is 0 Å². The van der Waals surface area contributed by atoms with Crippen LogP contribution in [0.5, 0.6) is 0 Å². The van der Waals surface area contributed by atoms with Gasteiger partial charge in [-0.3, -0.25) is 0 Å².